The minimum Gasteiger partial charge on any atom is -0.326 e. The molecule has 0 aliphatic heterocycles. The number of aryl methyl sites for hydroxylation is 2. The number of rotatable bonds is 2. The van der Waals surface area contributed by atoms with Gasteiger partial charge in [-0.15, -0.1) is 0 Å². The zero-order chi connectivity index (χ0) is 14.1. The first-order valence-corrected chi connectivity index (χ1v) is 6.59. The van der Waals surface area contributed by atoms with E-state index < -0.39 is 0 Å². The molecule has 0 fully saturated rings. The summed E-state index contributed by atoms with van der Waals surface area (Å²) in [4.78, 5) is 13.7. The van der Waals surface area contributed by atoms with Crippen molar-refractivity contribution >= 4 is 10.9 Å². The minimum absolute atomic E-state index is 0.461. The molecule has 100 valence electrons. The minimum atomic E-state index is 0.461. The van der Waals surface area contributed by atoms with E-state index >= 15 is 0 Å². The van der Waals surface area contributed by atoms with Crippen molar-refractivity contribution in [1.29, 1.82) is 0 Å². The highest BCUT2D eigenvalue weighted by Gasteiger charge is 2.10. The van der Waals surface area contributed by atoms with E-state index in [-0.39, 0.29) is 0 Å². The van der Waals surface area contributed by atoms with E-state index in [1.807, 2.05) is 50.2 Å². The van der Waals surface area contributed by atoms with Gasteiger partial charge in [-0.1, -0.05) is 24.3 Å². The van der Waals surface area contributed by atoms with E-state index in [9.17, 15) is 0 Å². The van der Waals surface area contributed by atoms with Gasteiger partial charge in [0.15, 0.2) is 5.82 Å². The van der Waals surface area contributed by atoms with Crippen molar-refractivity contribution in [2.75, 3.05) is 0 Å². The van der Waals surface area contributed by atoms with Crippen LogP contribution in [0.25, 0.3) is 22.4 Å². The fraction of sp³-hybridized carbons (Fsp3) is 0.188. The summed E-state index contributed by atoms with van der Waals surface area (Å²) in [6, 6.07) is 12.0. The number of hydrogen-bond acceptors (Lipinski definition) is 4. The second-order valence-corrected chi connectivity index (χ2v) is 4.79. The Morgan fingerprint density at radius 1 is 0.900 bits per heavy atom. The van der Waals surface area contributed by atoms with Crippen molar-refractivity contribution < 1.29 is 0 Å². The Morgan fingerprint density at radius 3 is 2.30 bits per heavy atom. The van der Waals surface area contributed by atoms with Crippen LogP contribution >= 0.6 is 0 Å². The number of hydrogen-bond donors (Lipinski definition) is 1. The molecule has 2 N–H and O–H groups in total. The lowest BCUT2D eigenvalue weighted by molar-refractivity contribution is 0.935. The number of aromatic nitrogens is 3. The van der Waals surface area contributed by atoms with Gasteiger partial charge in [0, 0.05) is 28.9 Å². The zero-order valence-corrected chi connectivity index (χ0v) is 11.6. The average molecular weight is 264 g/mol. The summed E-state index contributed by atoms with van der Waals surface area (Å²) >= 11 is 0. The molecule has 3 aromatic rings. The monoisotopic (exact) mass is 264 g/mol. The van der Waals surface area contributed by atoms with E-state index in [0.717, 1.165) is 33.5 Å². The molecule has 0 saturated heterocycles. The SMILES string of the molecule is Cc1nc(-c2ccc3ccccc3n2)nc(C)c1CN. The van der Waals surface area contributed by atoms with E-state index in [0.29, 0.717) is 12.4 Å². The molecule has 4 nitrogen and oxygen atoms in total. The maximum atomic E-state index is 5.72. The third kappa shape index (κ3) is 2.14. The van der Waals surface area contributed by atoms with Crippen molar-refractivity contribution in [2.45, 2.75) is 20.4 Å². The van der Waals surface area contributed by atoms with Gasteiger partial charge >= 0.3 is 0 Å². The number of fused-ring (bicyclic) bond motifs is 1. The van der Waals surface area contributed by atoms with Gasteiger partial charge in [-0.3, -0.25) is 0 Å². The summed E-state index contributed by atoms with van der Waals surface area (Å²) in [7, 11) is 0. The topological polar surface area (TPSA) is 64.7 Å². The highest BCUT2D eigenvalue weighted by Crippen LogP contribution is 2.20. The van der Waals surface area contributed by atoms with Crippen LogP contribution in [0.1, 0.15) is 17.0 Å². The fourth-order valence-electron chi connectivity index (χ4n) is 2.34. The van der Waals surface area contributed by atoms with Gasteiger partial charge in [0.2, 0.25) is 0 Å². The Bertz CT molecular complexity index is 757. The van der Waals surface area contributed by atoms with Crippen LogP contribution in [-0.4, -0.2) is 15.0 Å². The third-order valence-corrected chi connectivity index (χ3v) is 3.45. The molecule has 0 unspecified atom stereocenters. The fourth-order valence-corrected chi connectivity index (χ4v) is 2.34. The predicted octanol–water partition coefficient (Wildman–Crippen LogP) is 2.77. The molecule has 0 aliphatic carbocycles. The molecule has 3 rings (SSSR count). The molecule has 0 aliphatic rings. The molecule has 2 heterocycles. The largest absolute Gasteiger partial charge is 0.326 e. The first-order chi connectivity index (χ1) is 9.69. The second-order valence-electron chi connectivity index (χ2n) is 4.79. The summed E-state index contributed by atoms with van der Waals surface area (Å²) in [5, 5.41) is 1.11. The molecule has 1 aromatic carbocycles. The van der Waals surface area contributed by atoms with Crippen molar-refractivity contribution in [3.05, 3.63) is 53.3 Å². The summed E-state index contributed by atoms with van der Waals surface area (Å²) < 4.78 is 0. The van der Waals surface area contributed by atoms with Crippen LogP contribution in [0, 0.1) is 13.8 Å². The predicted molar refractivity (Wildman–Crippen MR) is 80.1 cm³/mol. The lowest BCUT2D eigenvalue weighted by Gasteiger charge is -2.09. The highest BCUT2D eigenvalue weighted by molar-refractivity contribution is 5.80. The number of pyridine rings is 1. The maximum absolute atomic E-state index is 5.72. The van der Waals surface area contributed by atoms with E-state index in [1.54, 1.807) is 0 Å². The molecule has 0 radical (unpaired) electrons. The van der Waals surface area contributed by atoms with Crippen LogP contribution in [0.3, 0.4) is 0 Å². The standard InChI is InChI=1S/C16H16N4/c1-10-13(9-17)11(2)19-16(18-10)15-8-7-12-5-3-4-6-14(12)20-15/h3-8H,9,17H2,1-2H3. The Labute approximate surface area is 117 Å². The van der Waals surface area contributed by atoms with Gasteiger partial charge in [0.25, 0.3) is 0 Å². The molecule has 0 atom stereocenters. The Balaban J connectivity index is 2.15. The quantitative estimate of drug-likeness (QED) is 0.773. The highest BCUT2D eigenvalue weighted by atomic mass is 14.9. The van der Waals surface area contributed by atoms with Gasteiger partial charge in [-0.05, 0) is 26.0 Å². The molecule has 0 amide bonds. The number of nitrogens with two attached hydrogens (primary N) is 1. The normalized spacial score (nSPS) is 10.9. The van der Waals surface area contributed by atoms with Gasteiger partial charge in [-0.25, -0.2) is 15.0 Å². The van der Waals surface area contributed by atoms with Crippen LogP contribution < -0.4 is 5.73 Å². The van der Waals surface area contributed by atoms with Crippen LogP contribution in [0.15, 0.2) is 36.4 Å². The smallest absolute Gasteiger partial charge is 0.178 e. The summed E-state index contributed by atoms with van der Waals surface area (Å²) in [6.45, 7) is 4.38. The van der Waals surface area contributed by atoms with Crippen molar-refractivity contribution in [2.24, 2.45) is 5.73 Å². The molecule has 20 heavy (non-hydrogen) atoms. The maximum Gasteiger partial charge on any atom is 0.178 e. The van der Waals surface area contributed by atoms with Crippen LogP contribution in [0.4, 0.5) is 0 Å². The molecule has 4 heteroatoms. The molecule has 0 saturated carbocycles. The van der Waals surface area contributed by atoms with Gasteiger partial charge in [-0.2, -0.15) is 0 Å². The zero-order valence-electron chi connectivity index (χ0n) is 11.6. The van der Waals surface area contributed by atoms with E-state index in [2.05, 4.69) is 15.0 Å². The first kappa shape index (κ1) is 12.7. The van der Waals surface area contributed by atoms with E-state index in [1.165, 1.54) is 0 Å². The van der Waals surface area contributed by atoms with Crippen LogP contribution in [0.5, 0.6) is 0 Å². The van der Waals surface area contributed by atoms with Crippen LogP contribution in [-0.2, 0) is 6.54 Å². The summed E-state index contributed by atoms with van der Waals surface area (Å²) in [5.41, 5.74) is 10.3. The second kappa shape index (κ2) is 4.98. The Kier molecular flexibility index (Phi) is 3.16. The molecular weight excluding hydrogens is 248 g/mol. The number of nitrogens with zero attached hydrogens (tertiary/aromatic N) is 3. The first-order valence-electron chi connectivity index (χ1n) is 6.59. The van der Waals surface area contributed by atoms with Gasteiger partial charge in [0.1, 0.15) is 5.69 Å². The Morgan fingerprint density at radius 2 is 1.60 bits per heavy atom. The molecule has 0 spiro atoms. The lowest BCUT2D eigenvalue weighted by atomic mass is 10.1. The number of para-hydroxylation sites is 1. The van der Waals surface area contributed by atoms with Gasteiger partial charge < -0.3 is 5.73 Å². The van der Waals surface area contributed by atoms with Crippen molar-refractivity contribution in [3.63, 3.8) is 0 Å². The average Bonchev–Trinajstić information content (AvgIpc) is 2.46. The van der Waals surface area contributed by atoms with Gasteiger partial charge in [0.05, 0.1) is 5.52 Å². The Hall–Kier alpha value is -2.33. The summed E-state index contributed by atoms with van der Waals surface area (Å²) in [6.07, 6.45) is 0. The number of benzene rings is 1. The van der Waals surface area contributed by atoms with E-state index in [4.69, 9.17) is 5.73 Å². The van der Waals surface area contributed by atoms with Crippen molar-refractivity contribution in [1.82, 2.24) is 15.0 Å². The molecular formula is C16H16N4. The molecule has 2 aromatic heterocycles. The van der Waals surface area contributed by atoms with Crippen molar-refractivity contribution in [3.8, 4) is 11.5 Å². The van der Waals surface area contributed by atoms with Crippen LogP contribution in [0.2, 0.25) is 0 Å². The summed E-state index contributed by atoms with van der Waals surface area (Å²) in [5.74, 6) is 0.656. The lowest BCUT2D eigenvalue weighted by Crippen LogP contribution is -2.07. The third-order valence-electron chi connectivity index (χ3n) is 3.45. The molecule has 0 bridgehead atoms.